The summed E-state index contributed by atoms with van der Waals surface area (Å²) in [7, 11) is 1.70. The van der Waals surface area contributed by atoms with Gasteiger partial charge >= 0.3 is 0 Å². The Balaban J connectivity index is 1.52. The van der Waals surface area contributed by atoms with E-state index in [0.717, 1.165) is 49.1 Å². The Morgan fingerprint density at radius 1 is 1.10 bits per heavy atom. The van der Waals surface area contributed by atoms with E-state index in [0.29, 0.717) is 28.3 Å². The molecule has 162 valence electrons. The van der Waals surface area contributed by atoms with Crippen molar-refractivity contribution < 1.29 is 14.9 Å². The number of benzene rings is 2. The lowest BCUT2D eigenvalue weighted by atomic mass is 9.55. The van der Waals surface area contributed by atoms with Crippen LogP contribution < -0.4 is 4.74 Å². The number of aliphatic hydroxyl groups excluding tert-OH is 1. The molecule has 7 rings (SSSR count). The number of halogens is 1. The second kappa shape index (κ2) is 6.73. The molecule has 4 nitrogen and oxygen atoms in total. The molecule has 4 bridgehead atoms. The Morgan fingerprint density at radius 3 is 2.74 bits per heavy atom. The van der Waals surface area contributed by atoms with Crippen LogP contribution in [0.2, 0.25) is 5.02 Å². The predicted octanol–water partition coefficient (Wildman–Crippen LogP) is 5.62. The molecule has 3 aliphatic carbocycles. The molecule has 2 N–H and O–H groups in total. The number of rotatable bonds is 2. The average Bonchev–Trinajstić information content (AvgIpc) is 2.92. The molecule has 5 aliphatic rings. The van der Waals surface area contributed by atoms with Gasteiger partial charge in [0, 0.05) is 27.4 Å². The summed E-state index contributed by atoms with van der Waals surface area (Å²) in [5, 5.41) is 22.0. The largest absolute Gasteiger partial charge is 0.508 e. The van der Waals surface area contributed by atoms with Gasteiger partial charge in [0.1, 0.15) is 17.5 Å². The molecule has 0 aromatic heterocycles. The summed E-state index contributed by atoms with van der Waals surface area (Å²) >= 11 is 6.29. The van der Waals surface area contributed by atoms with Crippen molar-refractivity contribution in [1.29, 1.82) is 0 Å². The summed E-state index contributed by atoms with van der Waals surface area (Å²) in [5.74, 6) is 2.55. The second-order valence-corrected chi connectivity index (χ2v) is 10.5. The van der Waals surface area contributed by atoms with Crippen molar-refractivity contribution in [2.45, 2.75) is 57.1 Å². The number of phenolic OH excluding ortho intramolecular Hbond substituents is 1. The van der Waals surface area contributed by atoms with E-state index in [2.05, 4.69) is 19.1 Å². The normalized spacial score (nSPS) is 35.2. The molecule has 6 atom stereocenters. The Hall–Kier alpha value is -2.04. The molecule has 2 saturated carbocycles. The van der Waals surface area contributed by atoms with Gasteiger partial charge in [0.05, 0.1) is 13.2 Å². The molecule has 2 fully saturated rings. The SMILES string of the molecule is COc1cc2c3cc1C(c1cc(Cl)ccc1O)N=C2C[C@@H]1[C@@H]3CC[C@]2(C)[C@@H](O)CC[C@@H]12. The van der Waals surface area contributed by atoms with Crippen molar-refractivity contribution in [3.8, 4) is 11.5 Å². The standard InChI is InChI=1S/C26H28ClNO3/c1-26-8-7-14-15-10-19-23(31-2)12-17(15)21(11-16(14)20(26)4-6-24(26)30)28-25(19)18-9-13(27)3-5-22(18)29/h3,5,9-10,12,14,16,20,24-25,29-30H,4,6-8,11H2,1-2H3/t14-,16-,20+,24+,25?,26+/m1/s1. The van der Waals surface area contributed by atoms with Gasteiger partial charge < -0.3 is 14.9 Å². The number of hydrogen-bond donors (Lipinski definition) is 2. The van der Waals surface area contributed by atoms with Crippen LogP contribution in [0, 0.1) is 17.3 Å². The van der Waals surface area contributed by atoms with E-state index in [9.17, 15) is 10.2 Å². The summed E-state index contributed by atoms with van der Waals surface area (Å²) in [6.45, 7) is 2.30. The number of nitrogens with zero attached hydrogens (tertiary/aromatic N) is 1. The van der Waals surface area contributed by atoms with E-state index >= 15 is 0 Å². The molecule has 0 saturated heterocycles. The van der Waals surface area contributed by atoms with Gasteiger partial charge in [-0.3, -0.25) is 4.99 Å². The highest BCUT2D eigenvalue weighted by Gasteiger charge is 2.55. The number of aliphatic imine (C=N–C) groups is 1. The van der Waals surface area contributed by atoms with E-state index < -0.39 is 0 Å². The highest BCUT2D eigenvalue weighted by molar-refractivity contribution is 6.30. The summed E-state index contributed by atoms with van der Waals surface area (Å²) in [6.07, 6.45) is 4.93. The highest BCUT2D eigenvalue weighted by atomic mass is 35.5. The highest BCUT2D eigenvalue weighted by Crippen LogP contribution is 2.62. The zero-order valence-electron chi connectivity index (χ0n) is 17.9. The molecular formula is C26H28ClNO3. The van der Waals surface area contributed by atoms with Crippen LogP contribution in [-0.4, -0.2) is 29.1 Å². The van der Waals surface area contributed by atoms with Crippen LogP contribution in [-0.2, 0) is 0 Å². The number of aromatic hydroxyl groups is 1. The van der Waals surface area contributed by atoms with Gasteiger partial charge in [0.2, 0.25) is 0 Å². The summed E-state index contributed by atoms with van der Waals surface area (Å²) in [6, 6.07) is 9.25. The van der Waals surface area contributed by atoms with Crippen LogP contribution in [0.3, 0.4) is 0 Å². The first-order chi connectivity index (χ1) is 14.9. The molecular weight excluding hydrogens is 410 g/mol. The quantitative estimate of drug-likeness (QED) is 0.640. The van der Waals surface area contributed by atoms with E-state index in [1.165, 1.54) is 11.1 Å². The number of ether oxygens (including phenoxy) is 1. The topological polar surface area (TPSA) is 62.0 Å². The van der Waals surface area contributed by atoms with Crippen LogP contribution in [0.5, 0.6) is 11.5 Å². The minimum Gasteiger partial charge on any atom is -0.508 e. The lowest BCUT2D eigenvalue weighted by Gasteiger charge is -2.50. The summed E-state index contributed by atoms with van der Waals surface area (Å²) in [4.78, 5) is 5.21. The maximum atomic E-state index is 10.7. The maximum Gasteiger partial charge on any atom is 0.125 e. The van der Waals surface area contributed by atoms with Crippen molar-refractivity contribution in [3.05, 3.63) is 57.6 Å². The van der Waals surface area contributed by atoms with Gasteiger partial charge in [-0.15, -0.1) is 0 Å². The van der Waals surface area contributed by atoms with E-state index in [4.69, 9.17) is 21.3 Å². The predicted molar refractivity (Wildman–Crippen MR) is 121 cm³/mol. The molecule has 0 spiro atoms. The van der Waals surface area contributed by atoms with Crippen molar-refractivity contribution in [1.82, 2.24) is 0 Å². The molecule has 1 unspecified atom stereocenters. The number of hydrogen-bond acceptors (Lipinski definition) is 4. The van der Waals surface area contributed by atoms with Gasteiger partial charge in [0.25, 0.3) is 0 Å². The van der Waals surface area contributed by atoms with Gasteiger partial charge in [-0.25, -0.2) is 0 Å². The number of fused-ring (bicyclic) bond motifs is 5. The Morgan fingerprint density at radius 2 is 1.94 bits per heavy atom. The van der Waals surface area contributed by atoms with Crippen molar-refractivity contribution in [2.24, 2.45) is 22.2 Å². The van der Waals surface area contributed by atoms with Crippen molar-refractivity contribution in [3.63, 3.8) is 0 Å². The monoisotopic (exact) mass is 437 g/mol. The van der Waals surface area contributed by atoms with Crippen LogP contribution in [0.25, 0.3) is 0 Å². The van der Waals surface area contributed by atoms with Crippen molar-refractivity contribution in [2.75, 3.05) is 7.11 Å². The third-order valence-electron chi connectivity index (χ3n) is 8.79. The smallest absolute Gasteiger partial charge is 0.125 e. The van der Waals surface area contributed by atoms with E-state index in [1.807, 2.05) is 6.07 Å². The molecule has 5 heteroatoms. The van der Waals surface area contributed by atoms with Crippen LogP contribution in [0.4, 0.5) is 0 Å². The second-order valence-electron chi connectivity index (χ2n) is 10.1. The minimum atomic E-state index is -0.337. The molecule has 2 aromatic rings. The number of aliphatic hydroxyl groups is 1. The van der Waals surface area contributed by atoms with Crippen molar-refractivity contribution >= 4 is 17.3 Å². The number of methoxy groups -OCH3 is 1. The maximum absolute atomic E-state index is 10.7. The van der Waals surface area contributed by atoms with Crippen LogP contribution in [0.15, 0.2) is 35.3 Å². The fourth-order valence-electron chi connectivity index (χ4n) is 7.15. The molecule has 2 aromatic carbocycles. The zero-order valence-corrected chi connectivity index (χ0v) is 18.7. The first-order valence-electron chi connectivity index (χ1n) is 11.4. The van der Waals surface area contributed by atoms with Gasteiger partial charge in [-0.1, -0.05) is 18.5 Å². The Labute approximate surface area is 187 Å². The van der Waals surface area contributed by atoms with Crippen LogP contribution in [0.1, 0.15) is 73.2 Å². The van der Waals surface area contributed by atoms with E-state index in [-0.39, 0.29) is 23.3 Å². The fourth-order valence-corrected chi connectivity index (χ4v) is 7.33. The fraction of sp³-hybridized carbons (Fsp3) is 0.500. The Kier molecular flexibility index (Phi) is 4.26. The minimum absolute atomic E-state index is 0.0256. The summed E-state index contributed by atoms with van der Waals surface area (Å²) < 4.78 is 5.77. The molecule has 2 aliphatic heterocycles. The summed E-state index contributed by atoms with van der Waals surface area (Å²) in [5.41, 5.74) is 5.41. The van der Waals surface area contributed by atoms with E-state index in [1.54, 1.807) is 19.2 Å². The van der Waals surface area contributed by atoms with Gasteiger partial charge in [0.15, 0.2) is 0 Å². The molecule has 0 radical (unpaired) electrons. The van der Waals surface area contributed by atoms with Gasteiger partial charge in [-0.05, 0) is 91.2 Å². The number of phenols is 1. The third kappa shape index (κ3) is 2.67. The average molecular weight is 438 g/mol. The van der Waals surface area contributed by atoms with Gasteiger partial charge in [-0.2, -0.15) is 0 Å². The molecule has 31 heavy (non-hydrogen) atoms. The third-order valence-corrected chi connectivity index (χ3v) is 9.03. The molecule has 2 heterocycles. The lowest BCUT2D eigenvalue weighted by Crippen LogP contribution is -2.44. The zero-order chi connectivity index (χ0) is 21.5. The first-order valence-corrected chi connectivity index (χ1v) is 11.7. The first kappa shape index (κ1) is 19.6. The van der Waals surface area contributed by atoms with Crippen LogP contribution >= 0.6 is 11.6 Å². The lowest BCUT2D eigenvalue weighted by molar-refractivity contribution is -0.0176. The molecule has 0 amide bonds. The Bertz CT molecular complexity index is 1110.